The number of anilines is 2. The lowest BCUT2D eigenvalue weighted by atomic mass is 9.91. The SMILES string of the molecule is NCCN1CCC2(CC1)CN(c1ccc(S(=O)(=O)N3CCN(c4cc(C(F)(F)F)cc(Cl)n4)CC3)cc1)C(=O)O2. The fourth-order valence-electron chi connectivity index (χ4n) is 5.36. The van der Waals surface area contributed by atoms with E-state index in [2.05, 4.69) is 9.88 Å². The van der Waals surface area contributed by atoms with Crippen LogP contribution in [0, 0.1) is 0 Å². The van der Waals surface area contributed by atoms with E-state index in [1.807, 2.05) is 0 Å². The number of carbonyl (C=O) groups excluding carboxylic acids is 1. The number of likely N-dealkylation sites (tertiary alicyclic amines) is 1. The summed E-state index contributed by atoms with van der Waals surface area (Å²) < 4.78 is 73.2. The summed E-state index contributed by atoms with van der Waals surface area (Å²) >= 11 is 5.80. The Labute approximate surface area is 235 Å². The standard InChI is InChI=1S/C25H30ClF3N6O4S/c26-21-15-18(25(27,28)29)16-22(31-21)33-11-13-34(14-12-33)40(37,38)20-3-1-19(2-4-20)35-17-24(39-23(35)36)5-8-32(9-6-24)10-7-30/h1-4,15-16H,5-14,17,30H2. The second kappa shape index (κ2) is 11.0. The van der Waals surface area contributed by atoms with E-state index < -0.39 is 33.5 Å². The van der Waals surface area contributed by atoms with Crippen molar-refractivity contribution in [1.29, 1.82) is 0 Å². The molecule has 4 heterocycles. The van der Waals surface area contributed by atoms with Crippen molar-refractivity contribution in [3.05, 3.63) is 47.1 Å². The van der Waals surface area contributed by atoms with Crippen LogP contribution in [0.3, 0.4) is 0 Å². The summed E-state index contributed by atoms with van der Waals surface area (Å²) in [4.78, 5) is 22.1. The van der Waals surface area contributed by atoms with Crippen molar-refractivity contribution < 1.29 is 31.1 Å². The first-order valence-corrected chi connectivity index (χ1v) is 14.7. The van der Waals surface area contributed by atoms with Crippen LogP contribution in [-0.2, 0) is 20.9 Å². The number of hydrogen-bond donors (Lipinski definition) is 1. The third-order valence-electron chi connectivity index (χ3n) is 7.64. The molecule has 1 spiro atoms. The molecule has 218 valence electrons. The predicted octanol–water partition coefficient (Wildman–Crippen LogP) is 3.01. The van der Waals surface area contributed by atoms with Crippen LogP contribution in [0.1, 0.15) is 18.4 Å². The van der Waals surface area contributed by atoms with Gasteiger partial charge in [0.1, 0.15) is 16.6 Å². The number of nitrogens with two attached hydrogens (primary N) is 1. The summed E-state index contributed by atoms with van der Waals surface area (Å²) in [5, 5.41) is -0.287. The fraction of sp³-hybridized carbons (Fsp3) is 0.520. The van der Waals surface area contributed by atoms with E-state index in [0.717, 1.165) is 31.8 Å². The molecule has 10 nitrogen and oxygen atoms in total. The maximum Gasteiger partial charge on any atom is 0.416 e. The minimum atomic E-state index is -4.58. The Kier molecular flexibility index (Phi) is 7.92. The third-order valence-corrected chi connectivity index (χ3v) is 9.75. The van der Waals surface area contributed by atoms with Crippen LogP contribution >= 0.6 is 11.6 Å². The Morgan fingerprint density at radius 1 is 1.02 bits per heavy atom. The van der Waals surface area contributed by atoms with Gasteiger partial charge in [0, 0.05) is 70.9 Å². The van der Waals surface area contributed by atoms with Crippen LogP contribution in [-0.4, -0.2) is 93.2 Å². The zero-order valence-electron chi connectivity index (χ0n) is 21.6. The number of aromatic nitrogens is 1. The van der Waals surface area contributed by atoms with Gasteiger partial charge in [-0.1, -0.05) is 11.6 Å². The van der Waals surface area contributed by atoms with Crippen LogP contribution in [0.2, 0.25) is 5.15 Å². The fourth-order valence-corrected chi connectivity index (χ4v) is 6.99. The first-order valence-electron chi connectivity index (χ1n) is 12.9. The number of carbonyl (C=O) groups is 1. The molecule has 3 fully saturated rings. The largest absolute Gasteiger partial charge is 0.441 e. The minimum absolute atomic E-state index is 0.0431. The summed E-state index contributed by atoms with van der Waals surface area (Å²) in [6.07, 6.45) is -3.62. The molecule has 0 saturated carbocycles. The molecule has 2 N–H and O–H groups in total. The van der Waals surface area contributed by atoms with Crippen molar-refractivity contribution in [2.75, 3.05) is 68.7 Å². The van der Waals surface area contributed by atoms with Gasteiger partial charge in [0.05, 0.1) is 17.0 Å². The number of benzene rings is 1. The summed E-state index contributed by atoms with van der Waals surface area (Å²) in [6.45, 7) is 3.76. The maximum atomic E-state index is 13.3. The molecule has 0 radical (unpaired) electrons. The van der Waals surface area contributed by atoms with E-state index in [9.17, 15) is 26.4 Å². The van der Waals surface area contributed by atoms with Crippen molar-refractivity contribution in [2.45, 2.75) is 29.5 Å². The van der Waals surface area contributed by atoms with Crippen LogP contribution in [0.5, 0.6) is 0 Å². The Morgan fingerprint density at radius 3 is 2.27 bits per heavy atom. The van der Waals surface area contributed by atoms with E-state index in [4.69, 9.17) is 22.1 Å². The highest BCUT2D eigenvalue weighted by molar-refractivity contribution is 7.89. The van der Waals surface area contributed by atoms with Crippen LogP contribution in [0.25, 0.3) is 0 Å². The highest BCUT2D eigenvalue weighted by atomic mass is 35.5. The summed E-state index contributed by atoms with van der Waals surface area (Å²) in [6, 6.07) is 7.73. The number of rotatable bonds is 6. The second-order valence-corrected chi connectivity index (χ2v) is 12.5. The molecular formula is C25H30ClF3N6O4S. The van der Waals surface area contributed by atoms with E-state index in [1.165, 1.54) is 21.3 Å². The van der Waals surface area contributed by atoms with Gasteiger partial charge in [-0.05, 0) is 36.4 Å². The number of amides is 1. The van der Waals surface area contributed by atoms with Gasteiger partial charge in [0.25, 0.3) is 0 Å². The summed E-state index contributed by atoms with van der Waals surface area (Å²) in [5.74, 6) is 0.0431. The molecule has 0 atom stereocenters. The van der Waals surface area contributed by atoms with Crippen molar-refractivity contribution in [3.8, 4) is 0 Å². The molecule has 1 aromatic carbocycles. The summed E-state index contributed by atoms with van der Waals surface area (Å²) in [7, 11) is -3.87. The molecule has 2 aromatic rings. The normalized spacial score (nSPS) is 20.8. The Bertz CT molecular complexity index is 1350. The molecule has 40 heavy (non-hydrogen) atoms. The van der Waals surface area contributed by atoms with Gasteiger partial charge >= 0.3 is 12.3 Å². The molecule has 3 saturated heterocycles. The zero-order chi connectivity index (χ0) is 28.7. The Balaban J connectivity index is 1.22. The number of piperidine rings is 1. The van der Waals surface area contributed by atoms with E-state index in [-0.39, 0.29) is 42.0 Å². The number of sulfonamides is 1. The van der Waals surface area contributed by atoms with Gasteiger partial charge < -0.3 is 20.3 Å². The smallest absolute Gasteiger partial charge is 0.416 e. The van der Waals surface area contributed by atoms with Crippen LogP contribution < -0.4 is 15.5 Å². The van der Waals surface area contributed by atoms with Crippen molar-refractivity contribution in [1.82, 2.24) is 14.2 Å². The third kappa shape index (κ3) is 5.86. The topological polar surface area (TPSA) is 112 Å². The van der Waals surface area contributed by atoms with Gasteiger partial charge in [-0.2, -0.15) is 17.5 Å². The molecule has 3 aliphatic rings. The van der Waals surface area contributed by atoms with Crippen molar-refractivity contribution in [3.63, 3.8) is 0 Å². The van der Waals surface area contributed by atoms with Crippen LogP contribution in [0.15, 0.2) is 41.3 Å². The summed E-state index contributed by atoms with van der Waals surface area (Å²) in [5.41, 5.74) is 4.71. The lowest BCUT2D eigenvalue weighted by Crippen LogP contribution is -2.49. The maximum absolute atomic E-state index is 13.3. The monoisotopic (exact) mass is 602 g/mol. The van der Waals surface area contributed by atoms with E-state index >= 15 is 0 Å². The highest BCUT2D eigenvalue weighted by Gasteiger charge is 2.47. The molecule has 3 aliphatic heterocycles. The number of nitrogens with zero attached hydrogens (tertiary/aromatic N) is 5. The number of alkyl halides is 3. The molecule has 1 amide bonds. The molecule has 5 rings (SSSR count). The van der Waals surface area contributed by atoms with Crippen LogP contribution in [0.4, 0.5) is 29.5 Å². The first-order chi connectivity index (χ1) is 18.9. The van der Waals surface area contributed by atoms with Gasteiger partial charge in [0.2, 0.25) is 10.0 Å². The van der Waals surface area contributed by atoms with Gasteiger partial charge in [0.15, 0.2) is 0 Å². The zero-order valence-corrected chi connectivity index (χ0v) is 23.2. The Hall–Kier alpha value is -2.65. The number of hydrogen-bond acceptors (Lipinski definition) is 8. The molecule has 0 unspecified atom stereocenters. The average molecular weight is 603 g/mol. The van der Waals surface area contributed by atoms with E-state index in [1.54, 1.807) is 17.0 Å². The van der Waals surface area contributed by atoms with Gasteiger partial charge in [-0.25, -0.2) is 18.2 Å². The van der Waals surface area contributed by atoms with Crippen molar-refractivity contribution >= 4 is 39.2 Å². The Morgan fingerprint density at radius 2 is 1.68 bits per heavy atom. The quantitative estimate of drug-likeness (QED) is 0.502. The van der Waals surface area contributed by atoms with Gasteiger partial charge in [-0.15, -0.1) is 0 Å². The molecule has 15 heteroatoms. The number of piperazine rings is 1. The number of halogens is 4. The molecule has 0 aliphatic carbocycles. The first kappa shape index (κ1) is 28.9. The highest BCUT2D eigenvalue weighted by Crippen LogP contribution is 2.36. The lowest BCUT2D eigenvalue weighted by molar-refractivity contribution is -0.137. The molecule has 1 aromatic heterocycles. The minimum Gasteiger partial charge on any atom is -0.441 e. The lowest BCUT2D eigenvalue weighted by Gasteiger charge is -2.37. The predicted molar refractivity (Wildman–Crippen MR) is 143 cm³/mol. The van der Waals surface area contributed by atoms with E-state index in [0.29, 0.717) is 31.6 Å². The molecular weight excluding hydrogens is 573 g/mol. The number of pyridine rings is 1. The van der Waals surface area contributed by atoms with Crippen molar-refractivity contribution in [2.24, 2.45) is 5.73 Å². The van der Waals surface area contributed by atoms with Gasteiger partial charge in [-0.3, -0.25) is 4.90 Å². The average Bonchev–Trinajstić information content (AvgIpc) is 3.25. The number of ether oxygens (including phenoxy) is 1. The molecule has 0 bridgehead atoms. The second-order valence-electron chi connectivity index (χ2n) is 10.2.